The van der Waals surface area contributed by atoms with Gasteiger partial charge in [-0.15, -0.1) is 0 Å². The average Bonchev–Trinajstić information content (AvgIpc) is 2.15. The fraction of sp³-hybridized carbons (Fsp3) is 0.538. The van der Waals surface area contributed by atoms with Crippen LogP contribution in [0.2, 0.25) is 0 Å². The monoisotopic (exact) mass is 189 g/mol. The predicted octanol–water partition coefficient (Wildman–Crippen LogP) is 2.92. The first kappa shape index (κ1) is 9.72. The minimum absolute atomic E-state index is 0.353. The molecule has 2 rings (SSSR count). The van der Waals surface area contributed by atoms with Crippen molar-refractivity contribution in [1.29, 1.82) is 0 Å². The minimum atomic E-state index is 0.353. The molecule has 1 aromatic rings. The number of hydrogen-bond acceptors (Lipinski definition) is 1. The highest BCUT2D eigenvalue weighted by molar-refractivity contribution is 5.20. The third-order valence-electron chi connectivity index (χ3n) is 3.60. The molecule has 0 amide bonds. The Morgan fingerprint density at radius 1 is 1.21 bits per heavy atom. The second kappa shape index (κ2) is 4.14. The first-order valence-electron chi connectivity index (χ1n) is 5.59. The maximum atomic E-state index is 6.25. The third-order valence-corrected chi connectivity index (χ3v) is 3.60. The molecule has 0 radical (unpaired) electrons. The van der Waals surface area contributed by atoms with Gasteiger partial charge in [0.15, 0.2) is 0 Å². The molecule has 1 aliphatic carbocycles. The lowest BCUT2D eigenvalue weighted by Crippen LogP contribution is -2.38. The maximum absolute atomic E-state index is 6.25. The van der Waals surface area contributed by atoms with E-state index >= 15 is 0 Å². The van der Waals surface area contributed by atoms with Crippen LogP contribution in [0.4, 0.5) is 0 Å². The van der Waals surface area contributed by atoms with Crippen LogP contribution < -0.4 is 5.73 Å². The van der Waals surface area contributed by atoms with Gasteiger partial charge in [0.25, 0.3) is 0 Å². The van der Waals surface area contributed by atoms with E-state index in [1.165, 1.54) is 24.8 Å². The van der Waals surface area contributed by atoms with Crippen molar-refractivity contribution < 1.29 is 0 Å². The molecule has 1 heteroatoms. The van der Waals surface area contributed by atoms with Crippen molar-refractivity contribution in [3.8, 4) is 0 Å². The lowest BCUT2D eigenvalue weighted by molar-refractivity contribution is 0.242. The van der Waals surface area contributed by atoms with Crippen molar-refractivity contribution in [2.75, 3.05) is 0 Å². The lowest BCUT2D eigenvalue weighted by atomic mass is 9.74. The summed E-state index contributed by atoms with van der Waals surface area (Å²) in [6, 6.07) is 11.0. The second-order valence-corrected chi connectivity index (χ2v) is 4.47. The van der Waals surface area contributed by atoms with Crippen molar-refractivity contribution >= 4 is 0 Å². The number of rotatable bonds is 3. The van der Waals surface area contributed by atoms with Crippen LogP contribution in [0.5, 0.6) is 0 Å². The zero-order chi connectivity index (χ0) is 9.97. The summed E-state index contributed by atoms with van der Waals surface area (Å²) in [5.74, 6) is 1.27. The van der Waals surface area contributed by atoms with Crippen LogP contribution >= 0.6 is 0 Å². The summed E-state index contributed by atoms with van der Waals surface area (Å²) in [6.45, 7) is 2.25. The predicted molar refractivity (Wildman–Crippen MR) is 60.2 cm³/mol. The van der Waals surface area contributed by atoms with E-state index in [2.05, 4.69) is 37.3 Å². The van der Waals surface area contributed by atoms with E-state index in [4.69, 9.17) is 5.73 Å². The highest BCUT2D eigenvalue weighted by atomic mass is 14.7. The summed E-state index contributed by atoms with van der Waals surface area (Å²) >= 11 is 0. The van der Waals surface area contributed by atoms with E-state index in [1.807, 2.05) is 0 Å². The SMILES string of the molecule is CC(c1ccccc1)C(N)C1CCC1. The van der Waals surface area contributed by atoms with Gasteiger partial charge in [0.2, 0.25) is 0 Å². The molecule has 2 N–H and O–H groups in total. The molecule has 0 spiro atoms. The maximum Gasteiger partial charge on any atom is 0.0134 e. The zero-order valence-corrected chi connectivity index (χ0v) is 8.82. The first-order valence-corrected chi connectivity index (χ1v) is 5.59. The van der Waals surface area contributed by atoms with E-state index in [0.717, 1.165) is 5.92 Å². The largest absolute Gasteiger partial charge is 0.327 e. The van der Waals surface area contributed by atoms with Crippen LogP contribution in [0.3, 0.4) is 0 Å². The number of benzene rings is 1. The van der Waals surface area contributed by atoms with Gasteiger partial charge in [-0.1, -0.05) is 43.7 Å². The molecule has 1 saturated carbocycles. The Labute approximate surface area is 86.3 Å². The number of nitrogens with two attached hydrogens (primary N) is 1. The summed E-state index contributed by atoms with van der Waals surface area (Å²) in [5.41, 5.74) is 7.64. The Kier molecular flexibility index (Phi) is 2.87. The standard InChI is InChI=1S/C13H19N/c1-10(11-6-3-2-4-7-11)13(14)12-8-5-9-12/h2-4,6-7,10,12-13H,5,8-9,14H2,1H3. The molecule has 0 saturated heterocycles. The zero-order valence-electron chi connectivity index (χ0n) is 8.82. The molecule has 0 aliphatic heterocycles. The molecule has 2 atom stereocenters. The topological polar surface area (TPSA) is 26.0 Å². The number of hydrogen-bond donors (Lipinski definition) is 1. The van der Waals surface area contributed by atoms with Gasteiger partial charge in [-0.25, -0.2) is 0 Å². The summed E-state index contributed by atoms with van der Waals surface area (Å²) in [5, 5.41) is 0. The molecular formula is C13H19N. The smallest absolute Gasteiger partial charge is 0.0134 e. The Hall–Kier alpha value is -0.820. The molecule has 76 valence electrons. The molecule has 2 unspecified atom stereocenters. The average molecular weight is 189 g/mol. The van der Waals surface area contributed by atoms with Gasteiger partial charge < -0.3 is 5.73 Å². The van der Waals surface area contributed by atoms with Gasteiger partial charge in [0.05, 0.1) is 0 Å². The Morgan fingerprint density at radius 3 is 2.36 bits per heavy atom. The summed E-state index contributed by atoms with van der Waals surface area (Å²) < 4.78 is 0. The highest BCUT2D eigenvalue weighted by Crippen LogP contribution is 2.34. The van der Waals surface area contributed by atoms with Crippen LogP contribution in [0.15, 0.2) is 30.3 Å². The van der Waals surface area contributed by atoms with Gasteiger partial charge in [-0.2, -0.15) is 0 Å². The molecule has 1 nitrogen and oxygen atoms in total. The Balaban J connectivity index is 2.03. The third kappa shape index (κ3) is 1.83. The molecule has 14 heavy (non-hydrogen) atoms. The molecule has 0 heterocycles. The van der Waals surface area contributed by atoms with Crippen LogP contribution in [-0.2, 0) is 0 Å². The van der Waals surface area contributed by atoms with Crippen molar-refractivity contribution in [2.24, 2.45) is 11.7 Å². The van der Waals surface area contributed by atoms with E-state index in [9.17, 15) is 0 Å². The molecule has 1 aliphatic rings. The Morgan fingerprint density at radius 2 is 1.86 bits per heavy atom. The first-order chi connectivity index (χ1) is 6.79. The molecular weight excluding hydrogens is 170 g/mol. The van der Waals surface area contributed by atoms with E-state index in [0.29, 0.717) is 12.0 Å². The van der Waals surface area contributed by atoms with Crippen molar-refractivity contribution in [3.63, 3.8) is 0 Å². The van der Waals surface area contributed by atoms with Gasteiger partial charge in [0.1, 0.15) is 0 Å². The molecule has 1 fully saturated rings. The highest BCUT2D eigenvalue weighted by Gasteiger charge is 2.28. The summed E-state index contributed by atoms with van der Waals surface area (Å²) in [6.07, 6.45) is 4.04. The van der Waals surface area contributed by atoms with Crippen molar-refractivity contribution in [1.82, 2.24) is 0 Å². The van der Waals surface area contributed by atoms with Crippen LogP contribution in [0.1, 0.15) is 37.7 Å². The van der Waals surface area contributed by atoms with Gasteiger partial charge in [-0.3, -0.25) is 0 Å². The van der Waals surface area contributed by atoms with Crippen molar-refractivity contribution in [3.05, 3.63) is 35.9 Å². The second-order valence-electron chi connectivity index (χ2n) is 4.47. The minimum Gasteiger partial charge on any atom is -0.327 e. The van der Waals surface area contributed by atoms with Gasteiger partial charge in [0, 0.05) is 6.04 Å². The Bertz CT molecular complexity index is 277. The van der Waals surface area contributed by atoms with Gasteiger partial charge >= 0.3 is 0 Å². The van der Waals surface area contributed by atoms with Crippen LogP contribution in [0.25, 0.3) is 0 Å². The lowest BCUT2D eigenvalue weighted by Gasteiger charge is -2.35. The van der Waals surface area contributed by atoms with Crippen LogP contribution in [0, 0.1) is 5.92 Å². The molecule has 1 aromatic carbocycles. The van der Waals surface area contributed by atoms with E-state index in [1.54, 1.807) is 0 Å². The summed E-state index contributed by atoms with van der Waals surface area (Å²) in [4.78, 5) is 0. The van der Waals surface area contributed by atoms with E-state index in [-0.39, 0.29) is 0 Å². The fourth-order valence-corrected chi connectivity index (χ4v) is 2.21. The van der Waals surface area contributed by atoms with Gasteiger partial charge in [-0.05, 0) is 30.2 Å². The molecule has 0 aromatic heterocycles. The van der Waals surface area contributed by atoms with E-state index < -0.39 is 0 Å². The molecule has 0 bridgehead atoms. The van der Waals surface area contributed by atoms with Crippen molar-refractivity contribution in [2.45, 2.75) is 38.1 Å². The summed E-state index contributed by atoms with van der Waals surface area (Å²) in [7, 11) is 0. The fourth-order valence-electron chi connectivity index (χ4n) is 2.21. The normalized spacial score (nSPS) is 21.3. The quantitative estimate of drug-likeness (QED) is 0.777. The van der Waals surface area contributed by atoms with Crippen LogP contribution in [-0.4, -0.2) is 6.04 Å².